The van der Waals surface area contributed by atoms with Gasteiger partial charge in [0, 0.05) is 39.0 Å². The van der Waals surface area contributed by atoms with Crippen LogP contribution in [-0.4, -0.2) is 65.1 Å². The molecule has 138 valence electrons. The summed E-state index contributed by atoms with van der Waals surface area (Å²) in [6.07, 6.45) is 0.230. The van der Waals surface area contributed by atoms with E-state index in [2.05, 4.69) is 0 Å². The molecule has 2 fully saturated rings. The van der Waals surface area contributed by atoms with Crippen molar-refractivity contribution in [2.24, 2.45) is 0 Å². The van der Waals surface area contributed by atoms with Gasteiger partial charge < -0.3 is 10.0 Å². The monoisotopic (exact) mass is 356 g/mol. The fourth-order valence-electron chi connectivity index (χ4n) is 3.54. The van der Waals surface area contributed by atoms with E-state index in [9.17, 15) is 23.1 Å². The van der Waals surface area contributed by atoms with E-state index in [4.69, 9.17) is 0 Å². The fourth-order valence-corrected chi connectivity index (χ4v) is 3.54. The smallest absolute Gasteiger partial charge is 0.250 e. The molecule has 2 saturated heterocycles. The van der Waals surface area contributed by atoms with Gasteiger partial charge >= 0.3 is 0 Å². The van der Waals surface area contributed by atoms with Crippen LogP contribution in [0.2, 0.25) is 0 Å². The second kappa shape index (κ2) is 6.96. The third kappa shape index (κ3) is 4.73. The first kappa shape index (κ1) is 18.2. The van der Waals surface area contributed by atoms with Crippen LogP contribution in [0.3, 0.4) is 0 Å². The molecule has 4 nitrogen and oxygen atoms in total. The van der Waals surface area contributed by atoms with E-state index in [0.29, 0.717) is 19.5 Å². The highest BCUT2D eigenvalue weighted by Crippen LogP contribution is 2.30. The molecule has 2 aliphatic heterocycles. The van der Waals surface area contributed by atoms with Crippen LogP contribution in [0.4, 0.5) is 13.2 Å². The third-order valence-electron chi connectivity index (χ3n) is 5.06. The van der Waals surface area contributed by atoms with Crippen molar-refractivity contribution in [2.45, 2.75) is 37.2 Å². The highest BCUT2D eigenvalue weighted by atomic mass is 19.3. The first-order valence-electron chi connectivity index (χ1n) is 8.60. The molecule has 0 radical (unpaired) electrons. The Morgan fingerprint density at radius 1 is 1.08 bits per heavy atom. The van der Waals surface area contributed by atoms with E-state index in [1.165, 1.54) is 12.1 Å². The Morgan fingerprint density at radius 3 is 2.36 bits per heavy atom. The lowest BCUT2D eigenvalue weighted by atomic mass is 10.00. The van der Waals surface area contributed by atoms with Crippen LogP contribution in [0.1, 0.15) is 24.8 Å². The Hall–Kier alpha value is -1.60. The molecule has 2 heterocycles. The van der Waals surface area contributed by atoms with Crippen molar-refractivity contribution in [1.29, 1.82) is 0 Å². The van der Waals surface area contributed by atoms with Crippen LogP contribution < -0.4 is 0 Å². The van der Waals surface area contributed by atoms with E-state index < -0.39 is 11.5 Å². The number of halogens is 3. The van der Waals surface area contributed by atoms with Gasteiger partial charge in [-0.3, -0.25) is 9.69 Å². The number of benzene rings is 1. The van der Waals surface area contributed by atoms with Crippen LogP contribution in [0.5, 0.6) is 0 Å². The van der Waals surface area contributed by atoms with Gasteiger partial charge in [-0.1, -0.05) is 12.1 Å². The van der Waals surface area contributed by atoms with Crippen molar-refractivity contribution in [3.8, 4) is 0 Å². The lowest BCUT2D eigenvalue weighted by Crippen LogP contribution is -2.49. The summed E-state index contributed by atoms with van der Waals surface area (Å²) in [6.45, 7) is 1.49. The predicted octanol–water partition coefficient (Wildman–Crippen LogP) is 2.06. The summed E-state index contributed by atoms with van der Waals surface area (Å²) < 4.78 is 39.4. The SMILES string of the molecule is O=C(Cc1ccc(F)cc1)N1CC[C@](O)(CN2CCC(F)(F)CC2)C1. The number of aliphatic hydroxyl groups is 1. The molecule has 7 heteroatoms. The minimum atomic E-state index is -2.61. The van der Waals surface area contributed by atoms with Crippen molar-refractivity contribution in [3.05, 3.63) is 35.6 Å². The first-order chi connectivity index (χ1) is 11.7. The van der Waals surface area contributed by atoms with Gasteiger partial charge in [-0.25, -0.2) is 13.2 Å². The maximum absolute atomic E-state index is 13.2. The number of carbonyl (C=O) groups is 1. The molecule has 3 rings (SSSR count). The summed E-state index contributed by atoms with van der Waals surface area (Å²) in [6, 6.07) is 5.77. The van der Waals surface area contributed by atoms with Crippen LogP contribution in [0, 0.1) is 5.82 Å². The highest BCUT2D eigenvalue weighted by molar-refractivity contribution is 5.79. The summed E-state index contributed by atoms with van der Waals surface area (Å²) in [5.74, 6) is -3.07. The minimum absolute atomic E-state index is 0.118. The molecule has 1 atom stereocenters. The molecule has 1 aromatic carbocycles. The number of β-amino-alcohol motifs (C(OH)–C–C–N with tert-alkyl or cyclic N) is 1. The van der Waals surface area contributed by atoms with Gasteiger partial charge in [0.05, 0.1) is 18.6 Å². The van der Waals surface area contributed by atoms with Crippen molar-refractivity contribution in [1.82, 2.24) is 9.80 Å². The predicted molar refractivity (Wildman–Crippen MR) is 86.9 cm³/mol. The molecule has 0 aromatic heterocycles. The second-order valence-electron chi connectivity index (χ2n) is 7.22. The molecule has 1 N–H and O–H groups in total. The Bertz CT molecular complexity index is 613. The lowest BCUT2D eigenvalue weighted by molar-refractivity contribution is -0.130. The molecule has 0 unspecified atom stereocenters. The lowest BCUT2D eigenvalue weighted by Gasteiger charge is -2.36. The van der Waals surface area contributed by atoms with Crippen molar-refractivity contribution >= 4 is 5.91 Å². The van der Waals surface area contributed by atoms with Crippen LogP contribution in [0.25, 0.3) is 0 Å². The quantitative estimate of drug-likeness (QED) is 0.898. The van der Waals surface area contributed by atoms with Crippen LogP contribution >= 0.6 is 0 Å². The van der Waals surface area contributed by atoms with Gasteiger partial charge in [0.2, 0.25) is 5.91 Å². The Morgan fingerprint density at radius 2 is 1.72 bits per heavy atom. The van der Waals surface area contributed by atoms with Gasteiger partial charge in [0.25, 0.3) is 5.92 Å². The third-order valence-corrected chi connectivity index (χ3v) is 5.06. The number of alkyl halides is 2. The number of amides is 1. The van der Waals surface area contributed by atoms with E-state index in [0.717, 1.165) is 5.56 Å². The Balaban J connectivity index is 1.51. The van der Waals surface area contributed by atoms with Crippen LogP contribution in [0.15, 0.2) is 24.3 Å². The molecule has 0 spiro atoms. The van der Waals surface area contributed by atoms with Crippen molar-refractivity contribution < 1.29 is 23.1 Å². The van der Waals surface area contributed by atoms with E-state index in [-0.39, 0.29) is 50.6 Å². The molecule has 0 saturated carbocycles. The number of hydrogen-bond acceptors (Lipinski definition) is 3. The number of carbonyl (C=O) groups excluding carboxylic acids is 1. The fraction of sp³-hybridized carbons (Fsp3) is 0.611. The second-order valence-corrected chi connectivity index (χ2v) is 7.22. The molecular formula is C18H23F3N2O2. The van der Waals surface area contributed by atoms with Crippen LogP contribution in [-0.2, 0) is 11.2 Å². The average molecular weight is 356 g/mol. The summed E-state index contributed by atoms with van der Waals surface area (Å²) in [4.78, 5) is 15.8. The maximum atomic E-state index is 13.2. The number of hydrogen-bond donors (Lipinski definition) is 1. The number of rotatable bonds is 4. The standard InChI is InChI=1S/C18H23F3N2O2/c19-15-3-1-14(2-4-15)11-16(24)23-10-5-17(25,13-23)12-22-8-6-18(20,21)7-9-22/h1-4,25H,5-13H2/t17-/m0/s1. The van der Waals surface area contributed by atoms with E-state index in [1.54, 1.807) is 17.0 Å². The number of likely N-dealkylation sites (tertiary alicyclic amines) is 2. The van der Waals surface area contributed by atoms with Crippen molar-refractivity contribution in [3.63, 3.8) is 0 Å². The van der Waals surface area contributed by atoms with Gasteiger partial charge in [-0.2, -0.15) is 0 Å². The van der Waals surface area contributed by atoms with E-state index >= 15 is 0 Å². The number of piperidine rings is 1. The van der Waals surface area contributed by atoms with Gasteiger partial charge in [0.1, 0.15) is 5.82 Å². The zero-order valence-corrected chi connectivity index (χ0v) is 14.1. The summed E-state index contributed by atoms with van der Waals surface area (Å²) in [5, 5.41) is 10.7. The summed E-state index contributed by atoms with van der Waals surface area (Å²) in [7, 11) is 0. The number of nitrogens with zero attached hydrogens (tertiary/aromatic N) is 2. The topological polar surface area (TPSA) is 43.8 Å². The van der Waals surface area contributed by atoms with Gasteiger partial charge in [0.15, 0.2) is 0 Å². The minimum Gasteiger partial charge on any atom is -0.387 e. The molecule has 0 bridgehead atoms. The van der Waals surface area contributed by atoms with Crippen molar-refractivity contribution in [2.75, 3.05) is 32.7 Å². The zero-order chi connectivity index (χ0) is 18.1. The zero-order valence-electron chi connectivity index (χ0n) is 14.1. The highest BCUT2D eigenvalue weighted by Gasteiger charge is 2.41. The van der Waals surface area contributed by atoms with Gasteiger partial charge in [-0.15, -0.1) is 0 Å². The molecular weight excluding hydrogens is 333 g/mol. The average Bonchev–Trinajstić information content (AvgIpc) is 2.94. The summed E-state index contributed by atoms with van der Waals surface area (Å²) in [5.41, 5.74) is -0.328. The first-order valence-corrected chi connectivity index (χ1v) is 8.60. The molecule has 1 aromatic rings. The molecule has 2 aliphatic rings. The van der Waals surface area contributed by atoms with E-state index in [1.807, 2.05) is 4.90 Å². The maximum Gasteiger partial charge on any atom is 0.250 e. The largest absolute Gasteiger partial charge is 0.387 e. The molecule has 25 heavy (non-hydrogen) atoms. The van der Waals surface area contributed by atoms with Gasteiger partial charge in [-0.05, 0) is 24.1 Å². The molecule has 1 amide bonds. The Labute approximate surface area is 145 Å². The molecule has 0 aliphatic carbocycles. The normalized spacial score (nSPS) is 26.8. The Kier molecular flexibility index (Phi) is 5.06. The summed E-state index contributed by atoms with van der Waals surface area (Å²) >= 11 is 0.